The number of carbonyl (C=O) groups excluding carboxylic acids is 1. The normalized spacial score (nSPS) is 10.9. The third-order valence-electron chi connectivity index (χ3n) is 4.40. The van der Waals surface area contributed by atoms with E-state index >= 15 is 0 Å². The van der Waals surface area contributed by atoms with E-state index in [0.29, 0.717) is 34.7 Å². The number of fused-ring (bicyclic) bond motifs is 1. The molecule has 134 valence electrons. The SMILES string of the molecule is CCN(Cc1nc2cc(Cl)ccc2c(=O)[nH]1)C(=O)Cc1ccccc1C. The molecule has 0 unspecified atom stereocenters. The van der Waals surface area contributed by atoms with Crippen molar-refractivity contribution in [1.82, 2.24) is 14.9 Å². The highest BCUT2D eigenvalue weighted by Gasteiger charge is 2.15. The number of likely N-dealkylation sites (N-methyl/N-ethyl adjacent to an activating group) is 1. The maximum atomic E-state index is 12.7. The van der Waals surface area contributed by atoms with Gasteiger partial charge >= 0.3 is 0 Å². The second-order valence-corrected chi connectivity index (χ2v) is 6.62. The summed E-state index contributed by atoms with van der Waals surface area (Å²) in [6.45, 7) is 4.68. The number of H-pyrrole nitrogens is 1. The number of hydrogen-bond donors (Lipinski definition) is 1. The first kappa shape index (κ1) is 18.1. The number of hydrogen-bond acceptors (Lipinski definition) is 3. The maximum absolute atomic E-state index is 12.7. The Hall–Kier alpha value is -2.66. The van der Waals surface area contributed by atoms with E-state index in [1.165, 1.54) is 0 Å². The first-order valence-corrected chi connectivity index (χ1v) is 8.86. The van der Waals surface area contributed by atoms with Crippen LogP contribution < -0.4 is 5.56 Å². The molecule has 3 rings (SSSR count). The Morgan fingerprint density at radius 2 is 2.00 bits per heavy atom. The molecule has 1 amide bonds. The van der Waals surface area contributed by atoms with Gasteiger partial charge < -0.3 is 9.88 Å². The van der Waals surface area contributed by atoms with Gasteiger partial charge in [-0.1, -0.05) is 35.9 Å². The van der Waals surface area contributed by atoms with Crippen molar-refractivity contribution >= 4 is 28.4 Å². The third-order valence-corrected chi connectivity index (χ3v) is 4.63. The number of aromatic nitrogens is 2. The molecule has 0 saturated carbocycles. The predicted molar refractivity (Wildman–Crippen MR) is 103 cm³/mol. The number of carbonyl (C=O) groups is 1. The molecule has 6 heteroatoms. The minimum atomic E-state index is -0.232. The van der Waals surface area contributed by atoms with Gasteiger partial charge in [0, 0.05) is 11.6 Å². The molecule has 3 aromatic rings. The number of nitrogens with one attached hydrogen (secondary N) is 1. The summed E-state index contributed by atoms with van der Waals surface area (Å²) in [6, 6.07) is 12.8. The van der Waals surface area contributed by atoms with E-state index in [0.717, 1.165) is 11.1 Å². The van der Waals surface area contributed by atoms with E-state index in [9.17, 15) is 9.59 Å². The van der Waals surface area contributed by atoms with Crippen LogP contribution in [0.3, 0.4) is 0 Å². The molecule has 0 aliphatic heterocycles. The molecule has 2 aromatic carbocycles. The predicted octanol–water partition coefficient (Wildman–Crippen LogP) is 3.48. The van der Waals surface area contributed by atoms with Gasteiger partial charge in [-0.05, 0) is 43.2 Å². The highest BCUT2D eigenvalue weighted by molar-refractivity contribution is 6.31. The zero-order chi connectivity index (χ0) is 18.7. The number of aromatic amines is 1. The van der Waals surface area contributed by atoms with Gasteiger partial charge in [0.2, 0.25) is 5.91 Å². The summed E-state index contributed by atoms with van der Waals surface area (Å²) in [5.74, 6) is 0.445. The van der Waals surface area contributed by atoms with Crippen LogP contribution in [0.25, 0.3) is 10.9 Å². The van der Waals surface area contributed by atoms with Gasteiger partial charge in [0.1, 0.15) is 5.82 Å². The van der Waals surface area contributed by atoms with Crippen molar-refractivity contribution in [3.05, 3.63) is 74.8 Å². The van der Waals surface area contributed by atoms with Gasteiger partial charge in [-0.15, -0.1) is 0 Å². The van der Waals surface area contributed by atoms with Crippen LogP contribution in [0.1, 0.15) is 23.9 Å². The standard InChI is InChI=1S/C20H20ClN3O2/c1-3-24(19(25)10-14-7-5-4-6-13(14)2)12-18-22-17-11-15(21)8-9-16(17)20(26)23-18/h4-9,11H,3,10,12H2,1-2H3,(H,22,23,26). The van der Waals surface area contributed by atoms with Gasteiger partial charge in [-0.2, -0.15) is 0 Å². The highest BCUT2D eigenvalue weighted by Crippen LogP contribution is 2.15. The Kier molecular flexibility index (Phi) is 5.38. The fourth-order valence-corrected chi connectivity index (χ4v) is 3.04. The van der Waals surface area contributed by atoms with Crippen LogP contribution in [0.2, 0.25) is 5.02 Å². The molecule has 5 nitrogen and oxygen atoms in total. The number of benzene rings is 2. The zero-order valence-electron chi connectivity index (χ0n) is 14.8. The molecule has 0 atom stereocenters. The fourth-order valence-electron chi connectivity index (χ4n) is 2.88. The number of rotatable bonds is 5. The van der Waals surface area contributed by atoms with Gasteiger partial charge in [0.05, 0.1) is 23.9 Å². The molecule has 26 heavy (non-hydrogen) atoms. The van der Waals surface area contributed by atoms with E-state index in [1.807, 2.05) is 38.1 Å². The lowest BCUT2D eigenvalue weighted by atomic mass is 10.1. The van der Waals surface area contributed by atoms with Gasteiger partial charge in [0.15, 0.2) is 0 Å². The molecule has 0 aliphatic carbocycles. The van der Waals surface area contributed by atoms with Crippen LogP contribution in [0.15, 0.2) is 47.3 Å². The molecule has 0 aliphatic rings. The second kappa shape index (κ2) is 7.70. The maximum Gasteiger partial charge on any atom is 0.258 e. The summed E-state index contributed by atoms with van der Waals surface area (Å²) in [6.07, 6.45) is 0.324. The summed E-state index contributed by atoms with van der Waals surface area (Å²) in [4.78, 5) is 33.8. The summed E-state index contributed by atoms with van der Waals surface area (Å²) in [5, 5.41) is 0.997. The van der Waals surface area contributed by atoms with Crippen molar-refractivity contribution < 1.29 is 4.79 Å². The van der Waals surface area contributed by atoms with Crippen LogP contribution in [-0.2, 0) is 17.8 Å². The van der Waals surface area contributed by atoms with Crippen molar-refractivity contribution in [3.8, 4) is 0 Å². The summed E-state index contributed by atoms with van der Waals surface area (Å²) < 4.78 is 0. The highest BCUT2D eigenvalue weighted by atomic mass is 35.5. The Bertz CT molecular complexity index is 1010. The van der Waals surface area contributed by atoms with Crippen molar-refractivity contribution in [2.24, 2.45) is 0 Å². The average molecular weight is 370 g/mol. The molecule has 1 aromatic heterocycles. The minimum Gasteiger partial charge on any atom is -0.335 e. The Labute approximate surface area is 156 Å². The van der Waals surface area contributed by atoms with E-state index in [4.69, 9.17) is 11.6 Å². The lowest BCUT2D eigenvalue weighted by molar-refractivity contribution is -0.131. The Morgan fingerprint density at radius 3 is 2.73 bits per heavy atom. The van der Waals surface area contributed by atoms with Crippen molar-refractivity contribution in [2.75, 3.05) is 6.54 Å². The molecule has 0 radical (unpaired) electrons. The van der Waals surface area contributed by atoms with Crippen LogP contribution in [0.4, 0.5) is 0 Å². The van der Waals surface area contributed by atoms with Gasteiger partial charge in [-0.3, -0.25) is 9.59 Å². The quantitative estimate of drug-likeness (QED) is 0.748. The minimum absolute atomic E-state index is 0.00404. The fraction of sp³-hybridized carbons (Fsp3) is 0.250. The van der Waals surface area contributed by atoms with E-state index in [2.05, 4.69) is 9.97 Å². The third kappa shape index (κ3) is 3.94. The van der Waals surface area contributed by atoms with Crippen molar-refractivity contribution in [3.63, 3.8) is 0 Å². The molecule has 1 heterocycles. The topological polar surface area (TPSA) is 66.1 Å². The largest absolute Gasteiger partial charge is 0.335 e. The van der Waals surface area contributed by atoms with E-state index in [1.54, 1.807) is 23.1 Å². The molecule has 0 saturated heterocycles. The second-order valence-electron chi connectivity index (χ2n) is 6.19. The number of amides is 1. The van der Waals surface area contributed by atoms with Crippen LogP contribution in [0.5, 0.6) is 0 Å². The average Bonchev–Trinajstić information content (AvgIpc) is 2.61. The monoisotopic (exact) mass is 369 g/mol. The van der Waals surface area contributed by atoms with Crippen LogP contribution >= 0.6 is 11.6 Å². The van der Waals surface area contributed by atoms with E-state index < -0.39 is 0 Å². The molecular formula is C20H20ClN3O2. The van der Waals surface area contributed by atoms with Crippen LogP contribution in [-0.4, -0.2) is 27.3 Å². The van der Waals surface area contributed by atoms with E-state index in [-0.39, 0.29) is 18.0 Å². The van der Waals surface area contributed by atoms with Gasteiger partial charge in [0.25, 0.3) is 5.56 Å². The first-order chi connectivity index (χ1) is 12.5. The molecule has 0 bridgehead atoms. The van der Waals surface area contributed by atoms with Crippen molar-refractivity contribution in [2.45, 2.75) is 26.8 Å². The lowest BCUT2D eigenvalue weighted by Gasteiger charge is -2.21. The summed E-state index contributed by atoms with van der Waals surface area (Å²) in [7, 11) is 0. The zero-order valence-corrected chi connectivity index (χ0v) is 15.5. The van der Waals surface area contributed by atoms with Crippen LogP contribution in [0, 0.1) is 6.92 Å². The number of nitrogens with zero attached hydrogens (tertiary/aromatic N) is 2. The summed E-state index contributed by atoms with van der Waals surface area (Å²) >= 11 is 6.00. The first-order valence-electron chi connectivity index (χ1n) is 8.48. The Morgan fingerprint density at radius 1 is 1.23 bits per heavy atom. The lowest BCUT2D eigenvalue weighted by Crippen LogP contribution is -2.33. The van der Waals surface area contributed by atoms with Gasteiger partial charge in [-0.25, -0.2) is 4.98 Å². The molecular weight excluding hydrogens is 350 g/mol. The molecule has 0 fully saturated rings. The van der Waals surface area contributed by atoms with Crippen molar-refractivity contribution in [1.29, 1.82) is 0 Å². The Balaban J connectivity index is 1.83. The smallest absolute Gasteiger partial charge is 0.258 e. The number of aryl methyl sites for hydroxylation is 1. The molecule has 1 N–H and O–H groups in total. The molecule has 0 spiro atoms. The summed E-state index contributed by atoms with van der Waals surface area (Å²) in [5.41, 5.74) is 2.38. The number of halogens is 1.